The molecule has 20 heavy (non-hydrogen) atoms. The van der Waals surface area contributed by atoms with Gasteiger partial charge in [-0.15, -0.1) is 11.8 Å². The number of anilines is 1. The van der Waals surface area contributed by atoms with E-state index in [1.807, 2.05) is 43.5 Å². The summed E-state index contributed by atoms with van der Waals surface area (Å²) in [6.07, 6.45) is 2.03. The predicted molar refractivity (Wildman–Crippen MR) is 83.4 cm³/mol. The Bertz CT molecular complexity index is 612. The molecule has 4 nitrogen and oxygen atoms in total. The Balaban J connectivity index is 2.12. The number of thioether (sulfide) groups is 1. The third-order valence-electron chi connectivity index (χ3n) is 2.99. The van der Waals surface area contributed by atoms with Crippen LogP contribution >= 0.6 is 11.8 Å². The molecule has 0 aliphatic carbocycles. The van der Waals surface area contributed by atoms with Crippen molar-refractivity contribution in [3.05, 3.63) is 63.7 Å². The molecule has 0 aliphatic heterocycles. The van der Waals surface area contributed by atoms with Crippen LogP contribution in [0.1, 0.15) is 11.1 Å². The smallest absolute Gasteiger partial charge is 0.292 e. The average molecular weight is 288 g/mol. The van der Waals surface area contributed by atoms with E-state index >= 15 is 0 Å². The van der Waals surface area contributed by atoms with Gasteiger partial charge in [-0.05, 0) is 42.5 Å². The number of rotatable bonds is 5. The molecule has 0 aromatic heterocycles. The van der Waals surface area contributed by atoms with Crippen LogP contribution < -0.4 is 5.32 Å². The van der Waals surface area contributed by atoms with Crippen LogP contribution in [0.2, 0.25) is 0 Å². The first-order valence-electron chi connectivity index (χ1n) is 6.22. The summed E-state index contributed by atoms with van der Waals surface area (Å²) in [7, 11) is 0. The molecule has 0 fully saturated rings. The van der Waals surface area contributed by atoms with Gasteiger partial charge in [-0.3, -0.25) is 10.1 Å². The largest absolute Gasteiger partial charge is 0.375 e. The second-order valence-electron chi connectivity index (χ2n) is 4.48. The lowest BCUT2D eigenvalue weighted by atomic mass is 10.1. The minimum absolute atomic E-state index is 0.116. The zero-order valence-corrected chi connectivity index (χ0v) is 12.2. The molecule has 5 heteroatoms. The van der Waals surface area contributed by atoms with Crippen molar-refractivity contribution in [1.29, 1.82) is 0 Å². The van der Waals surface area contributed by atoms with Crippen molar-refractivity contribution in [3.63, 3.8) is 0 Å². The van der Waals surface area contributed by atoms with Crippen LogP contribution in [0.15, 0.2) is 47.4 Å². The van der Waals surface area contributed by atoms with Crippen molar-refractivity contribution in [2.75, 3.05) is 11.6 Å². The van der Waals surface area contributed by atoms with Crippen molar-refractivity contribution in [3.8, 4) is 0 Å². The second-order valence-corrected chi connectivity index (χ2v) is 5.36. The third kappa shape index (κ3) is 3.51. The fourth-order valence-corrected chi connectivity index (χ4v) is 2.29. The first kappa shape index (κ1) is 14.4. The Morgan fingerprint density at radius 1 is 1.20 bits per heavy atom. The van der Waals surface area contributed by atoms with Crippen molar-refractivity contribution in [1.82, 2.24) is 0 Å². The highest BCUT2D eigenvalue weighted by atomic mass is 32.2. The highest BCUT2D eigenvalue weighted by Gasteiger charge is 2.13. The molecule has 0 saturated carbocycles. The number of nitro groups is 1. The van der Waals surface area contributed by atoms with Crippen LogP contribution in [0.25, 0.3) is 0 Å². The highest BCUT2D eigenvalue weighted by Crippen LogP contribution is 2.26. The molecule has 2 rings (SSSR count). The van der Waals surface area contributed by atoms with E-state index in [-0.39, 0.29) is 10.6 Å². The predicted octanol–water partition coefficient (Wildman–Crippen LogP) is 4.24. The summed E-state index contributed by atoms with van der Waals surface area (Å²) in [4.78, 5) is 11.9. The molecule has 0 spiro atoms. The van der Waals surface area contributed by atoms with Gasteiger partial charge < -0.3 is 5.32 Å². The molecule has 0 amide bonds. The number of nitrogens with one attached hydrogen (secondary N) is 1. The number of nitro benzene ring substituents is 1. The van der Waals surface area contributed by atoms with Crippen molar-refractivity contribution >= 4 is 23.1 Å². The molecule has 0 atom stereocenters. The maximum absolute atomic E-state index is 11.0. The van der Waals surface area contributed by atoms with E-state index in [4.69, 9.17) is 0 Å². The molecule has 0 aliphatic rings. The van der Waals surface area contributed by atoms with E-state index in [1.165, 1.54) is 4.90 Å². The molecule has 2 aromatic carbocycles. The van der Waals surface area contributed by atoms with E-state index < -0.39 is 0 Å². The molecular formula is C15H16N2O2S. The zero-order valence-electron chi connectivity index (χ0n) is 11.4. The van der Waals surface area contributed by atoms with E-state index in [2.05, 4.69) is 5.32 Å². The van der Waals surface area contributed by atoms with Gasteiger partial charge in [0.1, 0.15) is 5.69 Å². The fourth-order valence-electron chi connectivity index (χ4n) is 1.88. The zero-order chi connectivity index (χ0) is 14.5. The first-order valence-corrected chi connectivity index (χ1v) is 7.44. The Labute approximate surface area is 122 Å². The van der Waals surface area contributed by atoms with Crippen LogP contribution in [-0.4, -0.2) is 11.2 Å². The first-order chi connectivity index (χ1) is 9.60. The van der Waals surface area contributed by atoms with E-state index in [1.54, 1.807) is 23.9 Å². The number of hydrogen-bond acceptors (Lipinski definition) is 4. The highest BCUT2D eigenvalue weighted by molar-refractivity contribution is 7.98. The minimum atomic E-state index is -0.355. The maximum atomic E-state index is 11.0. The van der Waals surface area contributed by atoms with Crippen molar-refractivity contribution < 1.29 is 4.92 Å². The lowest BCUT2D eigenvalue weighted by molar-refractivity contribution is -0.384. The number of aryl methyl sites for hydroxylation is 1. The van der Waals surface area contributed by atoms with E-state index in [0.717, 1.165) is 11.1 Å². The van der Waals surface area contributed by atoms with Gasteiger partial charge in [0.2, 0.25) is 0 Å². The summed E-state index contributed by atoms with van der Waals surface area (Å²) in [6, 6.07) is 13.4. The van der Waals surface area contributed by atoms with Crippen LogP contribution in [0, 0.1) is 17.0 Å². The Hall–Kier alpha value is -2.01. The van der Waals surface area contributed by atoms with E-state index in [9.17, 15) is 10.1 Å². The monoisotopic (exact) mass is 288 g/mol. The molecule has 0 saturated heterocycles. The van der Waals surface area contributed by atoms with Crippen LogP contribution in [0.3, 0.4) is 0 Å². The topological polar surface area (TPSA) is 55.2 Å². The minimum Gasteiger partial charge on any atom is -0.375 e. The molecule has 0 radical (unpaired) electrons. The van der Waals surface area contributed by atoms with Gasteiger partial charge in [0.05, 0.1) is 4.92 Å². The molecule has 0 heterocycles. The van der Waals surface area contributed by atoms with Gasteiger partial charge in [-0.1, -0.05) is 18.2 Å². The molecule has 0 bridgehead atoms. The molecule has 2 aromatic rings. The van der Waals surface area contributed by atoms with Gasteiger partial charge in [0.15, 0.2) is 0 Å². The number of hydrogen-bond donors (Lipinski definition) is 1. The van der Waals surface area contributed by atoms with Crippen molar-refractivity contribution in [2.24, 2.45) is 0 Å². The summed E-state index contributed by atoms with van der Waals surface area (Å²) in [6.45, 7) is 2.41. The Kier molecular flexibility index (Phi) is 4.63. The summed E-state index contributed by atoms with van der Waals surface area (Å²) < 4.78 is 0. The van der Waals surface area contributed by atoms with Crippen LogP contribution in [-0.2, 0) is 6.54 Å². The fraction of sp³-hybridized carbons (Fsp3) is 0.200. The van der Waals surface area contributed by atoms with Crippen LogP contribution in [0.4, 0.5) is 11.4 Å². The standard InChI is InChI=1S/C15H16N2O2S/c1-11-3-8-14(15(9-11)17(18)19)16-10-12-4-6-13(20-2)7-5-12/h3-9,16H,10H2,1-2H3. The molecule has 104 valence electrons. The van der Waals surface area contributed by atoms with Gasteiger partial charge in [-0.25, -0.2) is 0 Å². The molecule has 1 N–H and O–H groups in total. The summed E-state index contributed by atoms with van der Waals surface area (Å²) in [5.74, 6) is 0. The SMILES string of the molecule is CSc1ccc(CNc2ccc(C)cc2[N+](=O)[O-])cc1. The Morgan fingerprint density at radius 3 is 2.50 bits per heavy atom. The van der Waals surface area contributed by atoms with E-state index in [0.29, 0.717) is 12.2 Å². The summed E-state index contributed by atoms with van der Waals surface area (Å²) >= 11 is 1.69. The number of benzene rings is 2. The Morgan fingerprint density at radius 2 is 1.90 bits per heavy atom. The maximum Gasteiger partial charge on any atom is 0.292 e. The average Bonchev–Trinajstić information content (AvgIpc) is 2.46. The summed E-state index contributed by atoms with van der Waals surface area (Å²) in [5.41, 5.74) is 2.64. The van der Waals surface area contributed by atoms with Crippen LogP contribution in [0.5, 0.6) is 0 Å². The molecule has 0 unspecified atom stereocenters. The lowest BCUT2D eigenvalue weighted by Gasteiger charge is -2.08. The van der Waals surface area contributed by atoms with Gasteiger partial charge in [0.25, 0.3) is 5.69 Å². The molecular weight excluding hydrogens is 272 g/mol. The van der Waals surface area contributed by atoms with Gasteiger partial charge in [0, 0.05) is 17.5 Å². The van der Waals surface area contributed by atoms with Gasteiger partial charge in [-0.2, -0.15) is 0 Å². The lowest BCUT2D eigenvalue weighted by Crippen LogP contribution is -2.02. The number of nitrogens with zero attached hydrogens (tertiary/aromatic N) is 1. The third-order valence-corrected chi connectivity index (χ3v) is 3.74. The normalized spacial score (nSPS) is 10.3. The second kappa shape index (κ2) is 6.43. The summed E-state index contributed by atoms with van der Waals surface area (Å²) in [5, 5.41) is 14.2. The van der Waals surface area contributed by atoms with Gasteiger partial charge >= 0.3 is 0 Å². The van der Waals surface area contributed by atoms with Crippen molar-refractivity contribution in [2.45, 2.75) is 18.4 Å². The quantitative estimate of drug-likeness (QED) is 0.508.